The van der Waals surface area contributed by atoms with Crippen LogP contribution in [-0.2, 0) is 4.79 Å². The molecule has 0 aliphatic carbocycles. The first-order chi connectivity index (χ1) is 14.0. The third-order valence-corrected chi connectivity index (χ3v) is 4.83. The molecule has 29 heavy (non-hydrogen) atoms. The Morgan fingerprint density at radius 2 is 1.90 bits per heavy atom. The molecule has 0 radical (unpaired) electrons. The highest BCUT2D eigenvalue weighted by Crippen LogP contribution is 2.26. The van der Waals surface area contributed by atoms with Gasteiger partial charge in [0.25, 0.3) is 0 Å². The Labute approximate surface area is 170 Å². The number of ether oxygens (including phenoxy) is 2. The number of benzene rings is 2. The van der Waals surface area contributed by atoms with Crippen LogP contribution in [0.15, 0.2) is 61.2 Å². The monoisotopic (exact) mass is 392 g/mol. The highest BCUT2D eigenvalue weighted by molar-refractivity contribution is 5.92. The maximum absolute atomic E-state index is 12.7. The molecule has 0 saturated carbocycles. The van der Waals surface area contributed by atoms with Crippen LogP contribution in [-0.4, -0.2) is 46.8 Å². The number of amides is 1. The smallest absolute Gasteiger partial charge is 0.246 e. The lowest BCUT2D eigenvalue weighted by atomic mass is 10.1. The van der Waals surface area contributed by atoms with Crippen LogP contribution in [0.25, 0.3) is 11.8 Å². The van der Waals surface area contributed by atoms with Crippen LogP contribution < -0.4 is 9.47 Å². The van der Waals surface area contributed by atoms with Crippen molar-refractivity contribution in [2.75, 3.05) is 21.3 Å². The zero-order valence-corrected chi connectivity index (χ0v) is 16.9. The molecule has 1 heterocycles. The number of carbonyl (C=O) groups excluding carboxylic acids is 1. The Morgan fingerprint density at radius 1 is 1.14 bits per heavy atom. The standard InChI is InChI=1S/C22H24N4O3/c1-16(17-5-9-19(10-6-17)26-15-23-14-24-26)25(2)22(27)12-8-18-7-11-20(28-3)13-21(18)29-4/h5-16H,1-4H3/b12-8+. The van der Waals surface area contributed by atoms with Gasteiger partial charge in [0, 0.05) is 24.8 Å². The van der Waals surface area contributed by atoms with Gasteiger partial charge in [0.05, 0.1) is 25.9 Å². The first kappa shape index (κ1) is 20.1. The third-order valence-electron chi connectivity index (χ3n) is 4.83. The molecule has 7 heteroatoms. The van der Waals surface area contributed by atoms with Gasteiger partial charge in [-0.05, 0) is 42.8 Å². The van der Waals surface area contributed by atoms with Crippen LogP contribution in [0, 0.1) is 0 Å². The summed E-state index contributed by atoms with van der Waals surface area (Å²) >= 11 is 0. The van der Waals surface area contributed by atoms with Crippen LogP contribution in [0.5, 0.6) is 11.5 Å². The van der Waals surface area contributed by atoms with Crippen molar-refractivity contribution in [3.8, 4) is 17.2 Å². The van der Waals surface area contributed by atoms with Crippen LogP contribution in [0.1, 0.15) is 24.1 Å². The second-order valence-electron chi connectivity index (χ2n) is 6.50. The maximum Gasteiger partial charge on any atom is 0.246 e. The molecule has 1 unspecified atom stereocenters. The minimum absolute atomic E-state index is 0.0882. The zero-order chi connectivity index (χ0) is 20.8. The number of methoxy groups -OCH3 is 2. The lowest BCUT2D eigenvalue weighted by Crippen LogP contribution is -2.28. The van der Waals surface area contributed by atoms with Crippen molar-refractivity contribution in [2.24, 2.45) is 0 Å². The molecule has 7 nitrogen and oxygen atoms in total. The third kappa shape index (κ3) is 4.63. The Kier molecular flexibility index (Phi) is 6.29. The number of likely N-dealkylation sites (N-methyl/N-ethyl adjacent to an activating group) is 1. The van der Waals surface area contributed by atoms with Gasteiger partial charge < -0.3 is 14.4 Å². The molecule has 0 N–H and O–H groups in total. The molecule has 0 fully saturated rings. The summed E-state index contributed by atoms with van der Waals surface area (Å²) in [5.74, 6) is 1.24. The van der Waals surface area contributed by atoms with E-state index >= 15 is 0 Å². The quantitative estimate of drug-likeness (QED) is 0.576. The number of hydrogen-bond acceptors (Lipinski definition) is 5. The molecule has 1 aromatic heterocycles. The van der Waals surface area contributed by atoms with E-state index in [1.54, 1.807) is 55.4 Å². The van der Waals surface area contributed by atoms with Crippen LogP contribution in [0.4, 0.5) is 0 Å². The first-order valence-corrected chi connectivity index (χ1v) is 9.15. The van der Waals surface area contributed by atoms with Gasteiger partial charge in [-0.3, -0.25) is 4.79 Å². The lowest BCUT2D eigenvalue weighted by Gasteiger charge is -2.24. The van der Waals surface area contributed by atoms with Gasteiger partial charge in [0.1, 0.15) is 24.2 Å². The van der Waals surface area contributed by atoms with Crippen LogP contribution in [0.3, 0.4) is 0 Å². The van der Waals surface area contributed by atoms with E-state index in [1.165, 1.54) is 6.33 Å². The topological polar surface area (TPSA) is 69.5 Å². The summed E-state index contributed by atoms with van der Waals surface area (Å²) in [4.78, 5) is 18.3. The molecule has 0 aliphatic heterocycles. The van der Waals surface area contributed by atoms with Crippen LogP contribution >= 0.6 is 0 Å². The molecule has 150 valence electrons. The highest BCUT2D eigenvalue weighted by Gasteiger charge is 2.16. The predicted octanol–water partition coefficient (Wildman–Crippen LogP) is 3.52. The van der Waals surface area contributed by atoms with Gasteiger partial charge in [-0.1, -0.05) is 12.1 Å². The average Bonchev–Trinajstić information content (AvgIpc) is 3.31. The maximum atomic E-state index is 12.7. The van der Waals surface area contributed by atoms with E-state index in [9.17, 15) is 4.79 Å². The van der Waals surface area contributed by atoms with E-state index in [2.05, 4.69) is 10.1 Å². The van der Waals surface area contributed by atoms with Crippen LogP contribution in [0.2, 0.25) is 0 Å². The van der Waals surface area contributed by atoms with Crippen molar-refractivity contribution in [3.05, 3.63) is 72.3 Å². The summed E-state index contributed by atoms with van der Waals surface area (Å²) in [6.45, 7) is 1.99. The van der Waals surface area contributed by atoms with Crippen molar-refractivity contribution in [3.63, 3.8) is 0 Å². The Balaban J connectivity index is 1.70. The first-order valence-electron chi connectivity index (χ1n) is 9.15. The van der Waals surface area contributed by atoms with E-state index in [0.29, 0.717) is 11.5 Å². The summed E-state index contributed by atoms with van der Waals surface area (Å²) in [5, 5.41) is 4.12. The SMILES string of the molecule is COc1ccc(/C=C/C(=O)N(C)C(C)c2ccc(-n3cncn3)cc2)c(OC)c1. The van der Waals surface area contributed by atoms with E-state index in [4.69, 9.17) is 9.47 Å². The number of rotatable bonds is 7. The van der Waals surface area contributed by atoms with Gasteiger partial charge in [0.2, 0.25) is 5.91 Å². The normalized spacial score (nSPS) is 12.0. The average molecular weight is 392 g/mol. The van der Waals surface area contributed by atoms with Gasteiger partial charge in [0.15, 0.2) is 0 Å². The number of carbonyl (C=O) groups is 1. The molecule has 0 spiro atoms. The van der Waals surface area contributed by atoms with E-state index in [-0.39, 0.29) is 11.9 Å². The fourth-order valence-electron chi connectivity index (χ4n) is 2.90. The van der Waals surface area contributed by atoms with Crippen molar-refractivity contribution in [2.45, 2.75) is 13.0 Å². The van der Waals surface area contributed by atoms with Crippen molar-refractivity contribution >= 4 is 12.0 Å². The number of hydrogen-bond donors (Lipinski definition) is 0. The Morgan fingerprint density at radius 3 is 2.52 bits per heavy atom. The van der Waals surface area contributed by atoms with E-state index < -0.39 is 0 Å². The van der Waals surface area contributed by atoms with Gasteiger partial charge in [-0.2, -0.15) is 5.10 Å². The lowest BCUT2D eigenvalue weighted by molar-refractivity contribution is -0.126. The minimum Gasteiger partial charge on any atom is -0.497 e. The predicted molar refractivity (Wildman–Crippen MR) is 111 cm³/mol. The fourth-order valence-corrected chi connectivity index (χ4v) is 2.90. The molecular formula is C22H24N4O3. The molecule has 0 bridgehead atoms. The van der Waals surface area contributed by atoms with Gasteiger partial charge >= 0.3 is 0 Å². The zero-order valence-electron chi connectivity index (χ0n) is 16.9. The fraction of sp³-hybridized carbons (Fsp3) is 0.227. The van der Waals surface area contributed by atoms with Crippen molar-refractivity contribution in [1.82, 2.24) is 19.7 Å². The van der Waals surface area contributed by atoms with Gasteiger partial charge in [-0.25, -0.2) is 9.67 Å². The molecule has 2 aromatic carbocycles. The van der Waals surface area contributed by atoms with E-state index in [1.807, 2.05) is 43.3 Å². The van der Waals surface area contributed by atoms with Gasteiger partial charge in [-0.15, -0.1) is 0 Å². The summed E-state index contributed by atoms with van der Waals surface area (Å²) in [6, 6.07) is 13.3. The summed E-state index contributed by atoms with van der Waals surface area (Å²) in [6.07, 6.45) is 6.43. The summed E-state index contributed by atoms with van der Waals surface area (Å²) in [5.41, 5.74) is 2.75. The molecule has 3 rings (SSSR count). The van der Waals surface area contributed by atoms with E-state index in [0.717, 1.165) is 16.8 Å². The second-order valence-corrected chi connectivity index (χ2v) is 6.50. The largest absolute Gasteiger partial charge is 0.497 e. The van der Waals surface area contributed by atoms with Crippen molar-refractivity contribution in [1.29, 1.82) is 0 Å². The number of aromatic nitrogens is 3. The molecule has 1 atom stereocenters. The molecular weight excluding hydrogens is 368 g/mol. The van der Waals surface area contributed by atoms with Crippen molar-refractivity contribution < 1.29 is 14.3 Å². The minimum atomic E-state index is -0.101. The molecule has 3 aromatic rings. The Bertz CT molecular complexity index is 982. The summed E-state index contributed by atoms with van der Waals surface area (Å²) in [7, 11) is 4.97. The molecule has 0 aliphatic rings. The summed E-state index contributed by atoms with van der Waals surface area (Å²) < 4.78 is 12.3. The number of nitrogens with zero attached hydrogens (tertiary/aromatic N) is 4. The molecule has 1 amide bonds. The second kappa shape index (κ2) is 9.05. The highest BCUT2D eigenvalue weighted by atomic mass is 16.5. The Hall–Kier alpha value is -3.61. The molecule has 0 saturated heterocycles.